The summed E-state index contributed by atoms with van der Waals surface area (Å²) in [4.78, 5) is 22.9. The molecule has 0 spiro atoms. The fraction of sp³-hybridized carbons (Fsp3) is 0.370. The van der Waals surface area contributed by atoms with Gasteiger partial charge in [-0.25, -0.2) is 13.8 Å². The summed E-state index contributed by atoms with van der Waals surface area (Å²) in [6, 6.07) is 6.92. The number of carbonyl (C=O) groups excluding carboxylic acids is 1. The number of H-pyrrole nitrogens is 1. The van der Waals surface area contributed by atoms with E-state index < -0.39 is 13.0 Å². The van der Waals surface area contributed by atoms with Gasteiger partial charge in [-0.15, -0.1) is 0 Å². The second-order valence-corrected chi connectivity index (χ2v) is 9.76. The van der Waals surface area contributed by atoms with Crippen molar-refractivity contribution in [3.63, 3.8) is 0 Å². The van der Waals surface area contributed by atoms with E-state index in [4.69, 9.17) is 0 Å². The summed E-state index contributed by atoms with van der Waals surface area (Å²) < 4.78 is 26.6. The third-order valence-electron chi connectivity index (χ3n) is 7.38. The number of carbonyl (C=O) groups is 1. The van der Waals surface area contributed by atoms with Crippen LogP contribution in [0.3, 0.4) is 0 Å². The fourth-order valence-corrected chi connectivity index (χ4v) is 5.49. The Morgan fingerprint density at radius 2 is 2.11 bits per heavy atom. The molecule has 1 amide bonds. The summed E-state index contributed by atoms with van der Waals surface area (Å²) in [5.41, 5.74) is 8.29. The SMILES string of the molecule is Cc1c[nH]c2ncc(-c3cc4c(c([C@@H]5CCCN5)c3)CN(C(=O)c3cnn(CC(F)F)c3)CC4)cc12. The van der Waals surface area contributed by atoms with Crippen LogP contribution in [0.2, 0.25) is 0 Å². The second kappa shape index (κ2) is 9.13. The van der Waals surface area contributed by atoms with Crippen LogP contribution in [0, 0.1) is 6.92 Å². The molecule has 0 radical (unpaired) electrons. The number of fused-ring (bicyclic) bond motifs is 2. The number of nitrogens with one attached hydrogen (secondary N) is 2. The first-order chi connectivity index (χ1) is 17.5. The van der Waals surface area contributed by atoms with Gasteiger partial charge in [0.05, 0.1) is 11.8 Å². The van der Waals surface area contributed by atoms with Crippen molar-refractivity contribution in [2.75, 3.05) is 13.1 Å². The largest absolute Gasteiger partial charge is 0.346 e. The van der Waals surface area contributed by atoms with Crippen molar-refractivity contribution < 1.29 is 13.6 Å². The highest BCUT2D eigenvalue weighted by molar-refractivity contribution is 5.94. The normalized spacial score (nSPS) is 17.8. The molecule has 1 fully saturated rings. The average Bonchev–Trinajstić information content (AvgIpc) is 3.64. The first-order valence-corrected chi connectivity index (χ1v) is 12.4. The van der Waals surface area contributed by atoms with Crippen LogP contribution in [0.1, 0.15) is 51.5 Å². The first kappa shape index (κ1) is 22.8. The second-order valence-electron chi connectivity index (χ2n) is 9.76. The van der Waals surface area contributed by atoms with Crippen molar-refractivity contribution in [2.24, 2.45) is 0 Å². The van der Waals surface area contributed by atoms with E-state index in [1.807, 2.05) is 12.4 Å². The molecule has 1 atom stereocenters. The van der Waals surface area contributed by atoms with Crippen LogP contribution >= 0.6 is 0 Å². The summed E-state index contributed by atoms with van der Waals surface area (Å²) in [7, 11) is 0. The minimum Gasteiger partial charge on any atom is -0.346 e. The zero-order valence-corrected chi connectivity index (χ0v) is 20.1. The molecular formula is C27H28F2N6O. The Balaban J connectivity index is 1.34. The number of alkyl halides is 2. The lowest BCUT2D eigenvalue weighted by Gasteiger charge is -2.32. The quantitative estimate of drug-likeness (QED) is 0.428. The number of hydrogen-bond donors (Lipinski definition) is 2. The monoisotopic (exact) mass is 490 g/mol. The van der Waals surface area contributed by atoms with Crippen LogP contribution in [-0.2, 0) is 19.5 Å². The maximum Gasteiger partial charge on any atom is 0.257 e. The number of halogens is 2. The molecule has 36 heavy (non-hydrogen) atoms. The smallest absolute Gasteiger partial charge is 0.257 e. The molecule has 7 nitrogen and oxygen atoms in total. The Morgan fingerprint density at radius 1 is 1.22 bits per heavy atom. The highest BCUT2D eigenvalue weighted by atomic mass is 19.3. The Hall–Kier alpha value is -3.59. The molecule has 0 unspecified atom stereocenters. The molecule has 1 aromatic carbocycles. The van der Waals surface area contributed by atoms with E-state index in [1.54, 1.807) is 4.90 Å². The summed E-state index contributed by atoms with van der Waals surface area (Å²) in [6.45, 7) is 3.61. The van der Waals surface area contributed by atoms with E-state index >= 15 is 0 Å². The molecule has 0 aliphatic carbocycles. The molecule has 186 valence electrons. The van der Waals surface area contributed by atoms with Crippen molar-refractivity contribution >= 4 is 16.9 Å². The molecule has 2 N–H and O–H groups in total. The number of rotatable bonds is 5. The number of amides is 1. The van der Waals surface area contributed by atoms with E-state index in [1.165, 1.54) is 34.6 Å². The molecule has 3 aromatic heterocycles. The van der Waals surface area contributed by atoms with E-state index in [2.05, 4.69) is 45.5 Å². The van der Waals surface area contributed by atoms with Gasteiger partial charge in [0, 0.05) is 48.7 Å². The molecular weight excluding hydrogens is 462 g/mol. The van der Waals surface area contributed by atoms with Crippen molar-refractivity contribution in [3.05, 3.63) is 70.8 Å². The van der Waals surface area contributed by atoms with Crippen molar-refractivity contribution in [3.8, 4) is 11.1 Å². The van der Waals surface area contributed by atoms with Gasteiger partial charge in [-0.1, -0.05) is 6.07 Å². The topological polar surface area (TPSA) is 78.8 Å². The van der Waals surface area contributed by atoms with E-state index in [0.29, 0.717) is 18.7 Å². The van der Waals surface area contributed by atoms with Gasteiger partial charge in [0.1, 0.15) is 12.2 Å². The number of aromatic nitrogens is 4. The number of pyridine rings is 1. The highest BCUT2D eigenvalue weighted by Crippen LogP contribution is 2.36. The molecule has 0 bridgehead atoms. The minimum atomic E-state index is -2.51. The Kier molecular flexibility index (Phi) is 5.79. The molecule has 1 saturated heterocycles. The number of aromatic amines is 1. The van der Waals surface area contributed by atoms with Crippen LogP contribution in [-0.4, -0.2) is 50.1 Å². The standard InChI is InChI=1S/C27H28F2N6O/c1-16-10-31-26-21(16)9-19(11-32-26)18-7-17-4-6-34(14-23(17)22(8-18)24-3-2-5-30-24)27(36)20-12-33-35(13-20)15-25(28)29/h7-13,24-25,30H,2-6,14-15H2,1H3,(H,31,32)/t24-/m0/s1. The zero-order chi connectivity index (χ0) is 24.8. The molecule has 9 heteroatoms. The lowest BCUT2D eigenvalue weighted by Crippen LogP contribution is -2.37. The summed E-state index contributed by atoms with van der Waals surface area (Å²) >= 11 is 0. The number of nitrogens with zero attached hydrogens (tertiary/aromatic N) is 4. The Labute approximate surface area is 207 Å². The molecule has 4 aromatic rings. The van der Waals surface area contributed by atoms with E-state index in [0.717, 1.165) is 52.6 Å². The third kappa shape index (κ3) is 4.17. The van der Waals surface area contributed by atoms with Crippen molar-refractivity contribution in [2.45, 2.75) is 51.7 Å². The van der Waals surface area contributed by atoms with Gasteiger partial charge in [-0.3, -0.25) is 9.48 Å². The fourth-order valence-electron chi connectivity index (χ4n) is 5.49. The van der Waals surface area contributed by atoms with Gasteiger partial charge in [0.15, 0.2) is 0 Å². The average molecular weight is 491 g/mol. The first-order valence-electron chi connectivity index (χ1n) is 12.4. The summed E-state index contributed by atoms with van der Waals surface area (Å²) in [6.07, 6.45) is 7.09. The van der Waals surface area contributed by atoms with Crippen molar-refractivity contribution in [1.82, 2.24) is 30.0 Å². The lowest BCUT2D eigenvalue weighted by atomic mass is 9.87. The number of aryl methyl sites for hydroxylation is 1. The summed E-state index contributed by atoms with van der Waals surface area (Å²) in [5, 5.41) is 8.68. The third-order valence-corrected chi connectivity index (χ3v) is 7.38. The van der Waals surface area contributed by atoms with Crippen LogP contribution in [0.5, 0.6) is 0 Å². The predicted molar refractivity (Wildman–Crippen MR) is 133 cm³/mol. The van der Waals surface area contributed by atoms with Gasteiger partial charge in [-0.05, 0) is 72.7 Å². The Bertz CT molecular complexity index is 1440. The molecule has 6 rings (SSSR count). The van der Waals surface area contributed by atoms with E-state index in [9.17, 15) is 13.6 Å². The maximum atomic E-state index is 13.2. The lowest BCUT2D eigenvalue weighted by molar-refractivity contribution is 0.0733. The van der Waals surface area contributed by atoms with Gasteiger partial charge >= 0.3 is 0 Å². The molecule has 0 saturated carbocycles. The van der Waals surface area contributed by atoms with Crippen molar-refractivity contribution in [1.29, 1.82) is 0 Å². The van der Waals surface area contributed by atoms with Gasteiger partial charge in [0.2, 0.25) is 0 Å². The van der Waals surface area contributed by atoms with Gasteiger partial charge < -0.3 is 15.2 Å². The van der Waals surface area contributed by atoms with Crippen LogP contribution < -0.4 is 5.32 Å². The predicted octanol–water partition coefficient (Wildman–Crippen LogP) is 4.62. The minimum absolute atomic E-state index is 0.173. The zero-order valence-electron chi connectivity index (χ0n) is 20.1. The maximum absolute atomic E-state index is 13.2. The number of hydrogen-bond acceptors (Lipinski definition) is 4. The number of benzene rings is 1. The van der Waals surface area contributed by atoms with Crippen LogP contribution in [0.4, 0.5) is 8.78 Å². The van der Waals surface area contributed by atoms with E-state index in [-0.39, 0.29) is 11.9 Å². The Morgan fingerprint density at radius 3 is 2.92 bits per heavy atom. The molecule has 2 aliphatic rings. The molecule has 5 heterocycles. The summed E-state index contributed by atoms with van der Waals surface area (Å²) in [5.74, 6) is -0.173. The highest BCUT2D eigenvalue weighted by Gasteiger charge is 2.29. The molecule has 2 aliphatic heterocycles. The van der Waals surface area contributed by atoms with Crippen LogP contribution in [0.15, 0.2) is 43.0 Å². The van der Waals surface area contributed by atoms with Crippen LogP contribution in [0.25, 0.3) is 22.2 Å². The van der Waals surface area contributed by atoms with Gasteiger partial charge in [-0.2, -0.15) is 5.10 Å². The van der Waals surface area contributed by atoms with Gasteiger partial charge in [0.25, 0.3) is 12.3 Å².